The monoisotopic (exact) mass is 438 g/mol. The Morgan fingerprint density at radius 2 is 1.61 bits per heavy atom. The summed E-state index contributed by atoms with van der Waals surface area (Å²) in [5.41, 5.74) is 2.26. The van der Waals surface area contributed by atoms with Crippen molar-refractivity contribution in [3.63, 3.8) is 0 Å². The highest BCUT2D eigenvalue weighted by Gasteiger charge is 2.17. The topological polar surface area (TPSA) is 72.2 Å². The minimum absolute atomic E-state index is 0.0125. The maximum Gasteiger partial charge on any atom is 0.280 e. The molecule has 1 N–H and O–H groups in total. The standard InChI is InChI=1S/C23H16F2N2O3S/c24-18-8-10-20(11-9-18)27-23(28)22(17-2-1-3-19(25)12-17)21(13-26-27)16-6-4-15(5-7-16)14-31(29)30/h1-13H,14H2,(H,29,30). The minimum atomic E-state index is -1.97. The van der Waals surface area contributed by atoms with Gasteiger partial charge in [-0.2, -0.15) is 9.78 Å². The summed E-state index contributed by atoms with van der Waals surface area (Å²) in [5, 5.41) is 4.23. The molecule has 1 atom stereocenters. The maximum absolute atomic E-state index is 13.9. The highest BCUT2D eigenvalue weighted by Crippen LogP contribution is 2.30. The van der Waals surface area contributed by atoms with Crippen LogP contribution in [0.25, 0.3) is 27.9 Å². The van der Waals surface area contributed by atoms with Crippen molar-refractivity contribution in [1.29, 1.82) is 0 Å². The molecule has 1 unspecified atom stereocenters. The van der Waals surface area contributed by atoms with Crippen LogP contribution in [-0.2, 0) is 16.8 Å². The number of benzene rings is 3. The van der Waals surface area contributed by atoms with Crippen molar-refractivity contribution < 1.29 is 17.5 Å². The largest absolute Gasteiger partial charge is 0.306 e. The zero-order valence-electron chi connectivity index (χ0n) is 16.0. The number of rotatable bonds is 5. The fourth-order valence-corrected chi connectivity index (χ4v) is 3.76. The molecular weight excluding hydrogens is 422 g/mol. The summed E-state index contributed by atoms with van der Waals surface area (Å²) in [6, 6.07) is 17.8. The molecule has 0 saturated carbocycles. The molecule has 0 aliphatic rings. The zero-order chi connectivity index (χ0) is 22.0. The molecule has 0 fully saturated rings. The Morgan fingerprint density at radius 1 is 0.903 bits per heavy atom. The van der Waals surface area contributed by atoms with Gasteiger partial charge in [-0.15, -0.1) is 0 Å². The van der Waals surface area contributed by atoms with E-state index in [-0.39, 0.29) is 11.3 Å². The molecule has 1 heterocycles. The molecule has 156 valence electrons. The Hall–Kier alpha value is -3.49. The van der Waals surface area contributed by atoms with Gasteiger partial charge in [0, 0.05) is 5.56 Å². The van der Waals surface area contributed by atoms with E-state index in [1.54, 1.807) is 30.3 Å². The van der Waals surface area contributed by atoms with Crippen LogP contribution in [0, 0.1) is 11.6 Å². The van der Waals surface area contributed by atoms with Crippen molar-refractivity contribution >= 4 is 11.1 Å². The molecule has 0 spiro atoms. The van der Waals surface area contributed by atoms with Crippen LogP contribution in [0.1, 0.15) is 5.56 Å². The average molecular weight is 438 g/mol. The third-order valence-corrected chi connectivity index (χ3v) is 5.30. The van der Waals surface area contributed by atoms with Crippen molar-refractivity contribution in [3.05, 3.63) is 107 Å². The summed E-state index contributed by atoms with van der Waals surface area (Å²) in [6.45, 7) is 0. The summed E-state index contributed by atoms with van der Waals surface area (Å²) < 4.78 is 48.5. The molecule has 0 saturated heterocycles. The van der Waals surface area contributed by atoms with Crippen LogP contribution in [0.15, 0.2) is 83.8 Å². The molecule has 8 heteroatoms. The summed E-state index contributed by atoms with van der Waals surface area (Å²) in [5.74, 6) is -0.946. The van der Waals surface area contributed by atoms with Gasteiger partial charge in [-0.1, -0.05) is 36.4 Å². The molecule has 0 radical (unpaired) electrons. The smallest absolute Gasteiger partial charge is 0.280 e. The van der Waals surface area contributed by atoms with E-state index in [2.05, 4.69) is 5.10 Å². The maximum atomic E-state index is 13.9. The molecule has 3 aromatic carbocycles. The van der Waals surface area contributed by atoms with Crippen molar-refractivity contribution in [2.24, 2.45) is 0 Å². The zero-order valence-corrected chi connectivity index (χ0v) is 16.9. The van der Waals surface area contributed by atoms with E-state index in [0.717, 1.165) is 4.68 Å². The van der Waals surface area contributed by atoms with Crippen molar-refractivity contribution in [3.8, 4) is 27.9 Å². The van der Waals surface area contributed by atoms with E-state index in [1.165, 1.54) is 48.7 Å². The van der Waals surface area contributed by atoms with Gasteiger partial charge in [0.05, 0.1) is 23.2 Å². The molecule has 0 bridgehead atoms. The van der Waals surface area contributed by atoms with Crippen LogP contribution >= 0.6 is 0 Å². The predicted octanol–water partition coefficient (Wildman–Crippen LogP) is 4.57. The van der Waals surface area contributed by atoms with Gasteiger partial charge in [0.1, 0.15) is 11.6 Å². The van der Waals surface area contributed by atoms with E-state index in [9.17, 15) is 17.8 Å². The lowest BCUT2D eigenvalue weighted by Gasteiger charge is -2.13. The van der Waals surface area contributed by atoms with Gasteiger partial charge < -0.3 is 4.55 Å². The molecular formula is C23H16F2N2O3S. The lowest BCUT2D eigenvalue weighted by molar-refractivity contribution is 0.563. The normalized spacial score (nSPS) is 12.0. The second kappa shape index (κ2) is 8.71. The third kappa shape index (κ3) is 4.50. The van der Waals surface area contributed by atoms with Gasteiger partial charge >= 0.3 is 0 Å². The predicted molar refractivity (Wildman–Crippen MR) is 115 cm³/mol. The number of halogens is 2. The van der Waals surface area contributed by atoms with Gasteiger partial charge in [0.2, 0.25) is 0 Å². The quantitative estimate of drug-likeness (QED) is 0.464. The first-order valence-electron chi connectivity index (χ1n) is 9.23. The van der Waals surface area contributed by atoms with Gasteiger partial charge in [0.15, 0.2) is 11.1 Å². The first kappa shape index (κ1) is 20.8. The molecule has 0 amide bonds. The molecule has 0 aliphatic carbocycles. The summed E-state index contributed by atoms with van der Waals surface area (Å²) in [6.07, 6.45) is 1.49. The molecule has 31 heavy (non-hydrogen) atoms. The van der Waals surface area contributed by atoms with Crippen LogP contribution in [0.5, 0.6) is 0 Å². The van der Waals surface area contributed by atoms with Gasteiger partial charge in [0.25, 0.3) is 5.56 Å². The fourth-order valence-electron chi connectivity index (χ4n) is 3.28. The second-order valence-electron chi connectivity index (χ2n) is 6.80. The Morgan fingerprint density at radius 3 is 2.26 bits per heavy atom. The highest BCUT2D eigenvalue weighted by molar-refractivity contribution is 7.78. The minimum Gasteiger partial charge on any atom is -0.306 e. The van der Waals surface area contributed by atoms with E-state index >= 15 is 0 Å². The molecule has 5 nitrogen and oxygen atoms in total. The number of nitrogens with zero attached hydrogens (tertiary/aromatic N) is 2. The highest BCUT2D eigenvalue weighted by atomic mass is 32.2. The van der Waals surface area contributed by atoms with Crippen molar-refractivity contribution in [2.75, 3.05) is 0 Å². The van der Waals surface area contributed by atoms with E-state index in [4.69, 9.17) is 4.55 Å². The molecule has 1 aromatic heterocycles. The van der Waals surface area contributed by atoms with E-state index < -0.39 is 28.3 Å². The SMILES string of the molecule is O=c1c(-c2cccc(F)c2)c(-c2ccc(CS(=O)O)cc2)cnn1-c1ccc(F)cc1. The Balaban J connectivity index is 1.91. The fraction of sp³-hybridized carbons (Fsp3) is 0.0435. The average Bonchev–Trinajstić information content (AvgIpc) is 2.74. The van der Waals surface area contributed by atoms with Crippen molar-refractivity contribution in [1.82, 2.24) is 9.78 Å². The van der Waals surface area contributed by atoms with E-state index in [0.29, 0.717) is 27.9 Å². The molecule has 4 rings (SSSR count). The number of aromatic nitrogens is 2. The van der Waals surface area contributed by atoms with Gasteiger partial charge in [-0.05, 0) is 53.1 Å². The Kier molecular flexibility index (Phi) is 5.83. The first-order valence-corrected chi connectivity index (χ1v) is 10.5. The lowest BCUT2D eigenvalue weighted by atomic mass is 9.96. The second-order valence-corrected chi connectivity index (χ2v) is 7.73. The Labute approximate surface area is 178 Å². The van der Waals surface area contributed by atoms with Crippen LogP contribution in [-0.4, -0.2) is 18.5 Å². The first-order chi connectivity index (χ1) is 14.9. The number of hydrogen-bond donors (Lipinski definition) is 1. The van der Waals surface area contributed by atoms with Crippen LogP contribution in [0.3, 0.4) is 0 Å². The van der Waals surface area contributed by atoms with Gasteiger partial charge in [-0.25, -0.2) is 13.0 Å². The lowest BCUT2D eigenvalue weighted by Crippen LogP contribution is -2.23. The molecule has 0 aliphatic heterocycles. The molecule has 4 aromatic rings. The van der Waals surface area contributed by atoms with Crippen LogP contribution in [0.4, 0.5) is 8.78 Å². The summed E-state index contributed by atoms with van der Waals surface area (Å²) >= 11 is -1.97. The van der Waals surface area contributed by atoms with Crippen molar-refractivity contribution in [2.45, 2.75) is 5.75 Å². The van der Waals surface area contributed by atoms with Crippen LogP contribution < -0.4 is 5.56 Å². The van der Waals surface area contributed by atoms with Crippen LogP contribution in [0.2, 0.25) is 0 Å². The third-order valence-electron chi connectivity index (χ3n) is 4.72. The summed E-state index contributed by atoms with van der Waals surface area (Å²) in [7, 11) is 0. The van der Waals surface area contributed by atoms with Gasteiger partial charge in [-0.3, -0.25) is 4.79 Å². The van der Waals surface area contributed by atoms with E-state index in [1.807, 2.05) is 0 Å². The number of hydrogen-bond acceptors (Lipinski definition) is 3. The summed E-state index contributed by atoms with van der Waals surface area (Å²) in [4.78, 5) is 13.4. The Bertz CT molecular complexity index is 1320.